The number of hydrazine groups is 1. The predicted molar refractivity (Wildman–Crippen MR) is 45.6 cm³/mol. The first-order chi connectivity index (χ1) is 6.31. The molecule has 1 aromatic heterocycles. The van der Waals surface area contributed by atoms with Crippen molar-refractivity contribution in [3.63, 3.8) is 0 Å². The second-order valence-corrected chi connectivity index (χ2v) is 2.89. The number of nitrogens with two attached hydrogens (primary N) is 1. The number of rotatable bonds is 1. The summed E-state index contributed by atoms with van der Waals surface area (Å²) in [5.41, 5.74) is 2.43. The number of nitrogens with zero attached hydrogens (tertiary/aromatic N) is 2. The molecule has 0 fully saturated rings. The lowest BCUT2D eigenvalue weighted by Crippen LogP contribution is -2.30. The van der Waals surface area contributed by atoms with Crippen LogP contribution in [0.3, 0.4) is 0 Å². The van der Waals surface area contributed by atoms with Crippen molar-refractivity contribution in [3.8, 4) is 0 Å². The van der Waals surface area contributed by atoms with E-state index in [1.807, 2.05) is 4.57 Å². The largest absolute Gasteiger partial charge is 0.332 e. The highest BCUT2D eigenvalue weighted by molar-refractivity contribution is 5.91. The fourth-order valence-electron chi connectivity index (χ4n) is 1.37. The number of carbonyl (C=O) groups excluding carboxylic acids is 1. The average molecular weight is 181 g/mol. The van der Waals surface area contributed by atoms with Crippen molar-refractivity contribution in [2.45, 2.75) is 13.1 Å². The molecule has 0 bridgehead atoms. The standard InChI is InChI=1S/C7H11N5O/c8-11-7(13)5-4-12-2-1-9-3-6(12)10-5/h4,9H,1-3,8H2,(H,11,13). The summed E-state index contributed by atoms with van der Waals surface area (Å²) in [4.78, 5) is 15.2. The zero-order valence-corrected chi connectivity index (χ0v) is 7.08. The van der Waals surface area contributed by atoms with E-state index in [1.165, 1.54) is 0 Å². The van der Waals surface area contributed by atoms with Crippen LogP contribution in [0, 0.1) is 0 Å². The maximum Gasteiger partial charge on any atom is 0.285 e. The van der Waals surface area contributed by atoms with E-state index in [9.17, 15) is 4.79 Å². The van der Waals surface area contributed by atoms with Gasteiger partial charge in [-0.3, -0.25) is 10.2 Å². The first kappa shape index (κ1) is 8.21. The number of nitrogens with one attached hydrogen (secondary N) is 2. The van der Waals surface area contributed by atoms with E-state index in [0.717, 1.165) is 18.9 Å². The van der Waals surface area contributed by atoms with Gasteiger partial charge in [-0.2, -0.15) is 0 Å². The summed E-state index contributed by atoms with van der Waals surface area (Å²) in [5, 5.41) is 3.16. The van der Waals surface area contributed by atoms with Crippen LogP contribution in [0.1, 0.15) is 16.3 Å². The quantitative estimate of drug-likeness (QED) is 0.282. The lowest BCUT2D eigenvalue weighted by Gasteiger charge is -2.13. The van der Waals surface area contributed by atoms with E-state index < -0.39 is 0 Å². The van der Waals surface area contributed by atoms with E-state index >= 15 is 0 Å². The Balaban J connectivity index is 2.30. The lowest BCUT2D eigenvalue weighted by molar-refractivity contribution is 0.0949. The molecule has 1 aliphatic heterocycles. The van der Waals surface area contributed by atoms with Gasteiger partial charge in [-0.1, -0.05) is 0 Å². The molecule has 13 heavy (non-hydrogen) atoms. The fourth-order valence-corrected chi connectivity index (χ4v) is 1.37. The maximum atomic E-state index is 11.1. The number of hydrogen-bond acceptors (Lipinski definition) is 4. The van der Waals surface area contributed by atoms with Gasteiger partial charge in [0.2, 0.25) is 0 Å². The van der Waals surface area contributed by atoms with Gasteiger partial charge < -0.3 is 9.88 Å². The summed E-state index contributed by atoms with van der Waals surface area (Å²) < 4.78 is 1.96. The topological polar surface area (TPSA) is 85.0 Å². The van der Waals surface area contributed by atoms with Crippen LogP contribution in [0.5, 0.6) is 0 Å². The van der Waals surface area contributed by atoms with Crippen molar-refractivity contribution in [3.05, 3.63) is 17.7 Å². The first-order valence-corrected chi connectivity index (χ1v) is 4.09. The summed E-state index contributed by atoms with van der Waals surface area (Å²) in [7, 11) is 0. The van der Waals surface area contributed by atoms with Crippen LogP contribution in [0.4, 0.5) is 0 Å². The van der Waals surface area contributed by atoms with Crippen LogP contribution >= 0.6 is 0 Å². The SMILES string of the molecule is NNC(=O)c1cn2c(n1)CNCC2. The van der Waals surface area contributed by atoms with Gasteiger partial charge >= 0.3 is 0 Å². The van der Waals surface area contributed by atoms with Crippen LogP contribution in [0.15, 0.2) is 6.20 Å². The predicted octanol–water partition coefficient (Wildman–Crippen LogP) is -1.41. The number of amides is 1. The fraction of sp³-hybridized carbons (Fsp3) is 0.429. The zero-order valence-electron chi connectivity index (χ0n) is 7.08. The molecule has 6 heteroatoms. The van der Waals surface area contributed by atoms with Crippen LogP contribution in [0.2, 0.25) is 0 Å². The number of fused-ring (bicyclic) bond motifs is 1. The van der Waals surface area contributed by atoms with Gasteiger partial charge in [-0.15, -0.1) is 0 Å². The molecule has 6 nitrogen and oxygen atoms in total. The second-order valence-electron chi connectivity index (χ2n) is 2.89. The van der Waals surface area contributed by atoms with Gasteiger partial charge in [0.15, 0.2) is 0 Å². The number of imidazole rings is 1. The molecule has 1 aromatic rings. The second kappa shape index (κ2) is 3.15. The minimum atomic E-state index is -0.345. The molecule has 4 N–H and O–H groups in total. The van der Waals surface area contributed by atoms with Crippen molar-refractivity contribution in [1.82, 2.24) is 20.3 Å². The van der Waals surface area contributed by atoms with E-state index in [1.54, 1.807) is 6.20 Å². The molecule has 0 saturated carbocycles. The molecule has 70 valence electrons. The van der Waals surface area contributed by atoms with E-state index in [-0.39, 0.29) is 5.91 Å². The van der Waals surface area contributed by atoms with Crippen LogP contribution in [0.25, 0.3) is 0 Å². The summed E-state index contributed by atoms with van der Waals surface area (Å²) in [6.45, 7) is 2.46. The molecule has 0 saturated heterocycles. The number of hydrogen-bond donors (Lipinski definition) is 3. The molecule has 2 heterocycles. The summed E-state index contributed by atoms with van der Waals surface area (Å²) >= 11 is 0. The van der Waals surface area contributed by atoms with Gasteiger partial charge in [0.05, 0.1) is 6.54 Å². The van der Waals surface area contributed by atoms with Crippen molar-refractivity contribution >= 4 is 5.91 Å². The number of nitrogen functional groups attached to an aromatic ring is 1. The average Bonchev–Trinajstić information content (AvgIpc) is 2.59. The molecule has 1 amide bonds. The number of aromatic nitrogens is 2. The highest BCUT2D eigenvalue weighted by atomic mass is 16.2. The monoisotopic (exact) mass is 181 g/mol. The van der Waals surface area contributed by atoms with Crippen molar-refractivity contribution in [2.75, 3.05) is 6.54 Å². The Morgan fingerprint density at radius 2 is 2.62 bits per heavy atom. The normalized spacial score (nSPS) is 15.2. The minimum Gasteiger partial charge on any atom is -0.332 e. The molecule has 2 rings (SSSR count). The van der Waals surface area contributed by atoms with Crippen LogP contribution in [-0.4, -0.2) is 22.0 Å². The third-order valence-corrected chi connectivity index (χ3v) is 2.04. The lowest BCUT2D eigenvalue weighted by atomic mass is 10.4. The van der Waals surface area contributed by atoms with E-state index in [2.05, 4.69) is 15.7 Å². The van der Waals surface area contributed by atoms with Crippen molar-refractivity contribution in [1.29, 1.82) is 0 Å². The van der Waals surface area contributed by atoms with Crippen molar-refractivity contribution < 1.29 is 4.79 Å². The third kappa shape index (κ3) is 1.41. The molecule has 0 aromatic carbocycles. The molecule has 0 atom stereocenters. The third-order valence-electron chi connectivity index (χ3n) is 2.04. The van der Waals surface area contributed by atoms with Gasteiger partial charge in [0.1, 0.15) is 11.5 Å². The van der Waals surface area contributed by atoms with Crippen molar-refractivity contribution in [2.24, 2.45) is 5.84 Å². The van der Waals surface area contributed by atoms with E-state index in [4.69, 9.17) is 5.84 Å². The Morgan fingerprint density at radius 3 is 3.31 bits per heavy atom. The Kier molecular flexibility index (Phi) is 1.99. The first-order valence-electron chi connectivity index (χ1n) is 4.09. The highest BCUT2D eigenvalue weighted by Crippen LogP contribution is 2.06. The Bertz CT molecular complexity index is 308. The summed E-state index contributed by atoms with van der Waals surface area (Å²) in [5.74, 6) is 5.53. The van der Waals surface area contributed by atoms with Crippen LogP contribution < -0.4 is 16.6 Å². The molecule has 0 unspecified atom stereocenters. The highest BCUT2D eigenvalue weighted by Gasteiger charge is 2.15. The molecule has 0 spiro atoms. The molecular weight excluding hydrogens is 170 g/mol. The van der Waals surface area contributed by atoms with Gasteiger partial charge in [-0.05, 0) is 0 Å². The zero-order chi connectivity index (χ0) is 9.26. The summed E-state index contributed by atoms with van der Waals surface area (Å²) in [6.07, 6.45) is 1.72. The Morgan fingerprint density at radius 1 is 1.77 bits per heavy atom. The van der Waals surface area contributed by atoms with E-state index in [0.29, 0.717) is 12.2 Å². The van der Waals surface area contributed by atoms with Crippen LogP contribution in [-0.2, 0) is 13.1 Å². The molecular formula is C7H11N5O. The molecule has 1 aliphatic rings. The Hall–Kier alpha value is -1.40. The molecule has 0 radical (unpaired) electrons. The van der Waals surface area contributed by atoms with Gasteiger partial charge in [0, 0.05) is 19.3 Å². The minimum absolute atomic E-state index is 0.345. The van der Waals surface area contributed by atoms with Gasteiger partial charge in [0.25, 0.3) is 5.91 Å². The molecule has 0 aliphatic carbocycles. The number of carbonyl (C=O) groups is 1. The van der Waals surface area contributed by atoms with Gasteiger partial charge in [-0.25, -0.2) is 10.8 Å². The maximum absolute atomic E-state index is 11.1. The smallest absolute Gasteiger partial charge is 0.285 e. The summed E-state index contributed by atoms with van der Waals surface area (Å²) in [6, 6.07) is 0. The Labute approximate surface area is 75.1 Å².